The summed E-state index contributed by atoms with van der Waals surface area (Å²) < 4.78 is 11.4. The second-order valence-corrected chi connectivity index (χ2v) is 7.65. The summed E-state index contributed by atoms with van der Waals surface area (Å²) in [6.07, 6.45) is -0.768. The van der Waals surface area contributed by atoms with E-state index in [2.05, 4.69) is 24.3 Å². The van der Waals surface area contributed by atoms with Gasteiger partial charge >= 0.3 is 6.09 Å². The zero-order valence-corrected chi connectivity index (χ0v) is 15.7. The molecule has 2 aliphatic rings. The van der Waals surface area contributed by atoms with Crippen LogP contribution in [0, 0.1) is 0 Å². The standard InChI is InChI=1S/C22H25NO4/c1-22(2)20(13-24)26-12-11-23(22)21(25)27-14-19-17-9-5-3-7-15(17)16-8-4-6-10-18(16)19/h3-10,19-20,24H,11-14H2,1-2H3. The molecule has 1 unspecified atom stereocenters. The van der Waals surface area contributed by atoms with Gasteiger partial charge in [-0.2, -0.15) is 0 Å². The lowest BCUT2D eigenvalue weighted by atomic mass is 9.94. The van der Waals surface area contributed by atoms with Crippen molar-refractivity contribution in [1.29, 1.82) is 0 Å². The highest BCUT2D eigenvalue weighted by Crippen LogP contribution is 2.44. The fraction of sp³-hybridized carbons (Fsp3) is 0.409. The fourth-order valence-corrected chi connectivity index (χ4v) is 4.23. The van der Waals surface area contributed by atoms with Crippen molar-refractivity contribution in [3.05, 3.63) is 59.7 Å². The van der Waals surface area contributed by atoms with Crippen LogP contribution in [-0.2, 0) is 9.47 Å². The third kappa shape index (κ3) is 3.01. The Kier molecular flexibility index (Phi) is 4.66. The first-order valence-electron chi connectivity index (χ1n) is 9.39. The molecule has 1 N–H and O–H groups in total. The smallest absolute Gasteiger partial charge is 0.410 e. The third-order valence-corrected chi connectivity index (χ3v) is 5.84. The number of morpholine rings is 1. The zero-order chi connectivity index (χ0) is 19.0. The Morgan fingerprint density at radius 3 is 2.33 bits per heavy atom. The lowest BCUT2D eigenvalue weighted by molar-refractivity contribution is -0.120. The van der Waals surface area contributed by atoms with Gasteiger partial charge in [0.05, 0.1) is 18.8 Å². The van der Waals surface area contributed by atoms with E-state index in [1.807, 2.05) is 38.1 Å². The number of nitrogens with zero attached hydrogens (tertiary/aromatic N) is 1. The van der Waals surface area contributed by atoms with Crippen molar-refractivity contribution < 1.29 is 19.4 Å². The van der Waals surface area contributed by atoms with Crippen molar-refractivity contribution in [1.82, 2.24) is 4.90 Å². The molecule has 5 heteroatoms. The lowest BCUT2D eigenvalue weighted by Gasteiger charge is -2.46. The Balaban J connectivity index is 1.53. The molecule has 1 aliphatic heterocycles. The van der Waals surface area contributed by atoms with Gasteiger partial charge in [0.1, 0.15) is 12.7 Å². The van der Waals surface area contributed by atoms with Gasteiger partial charge in [-0.05, 0) is 36.1 Å². The number of benzene rings is 2. The largest absolute Gasteiger partial charge is 0.448 e. The van der Waals surface area contributed by atoms with Gasteiger partial charge in [-0.25, -0.2) is 4.79 Å². The molecule has 1 heterocycles. The van der Waals surface area contributed by atoms with Crippen LogP contribution in [0.4, 0.5) is 4.79 Å². The molecule has 4 rings (SSSR count). The van der Waals surface area contributed by atoms with Crippen molar-refractivity contribution in [2.24, 2.45) is 0 Å². The summed E-state index contributed by atoms with van der Waals surface area (Å²) >= 11 is 0. The van der Waals surface area contributed by atoms with E-state index in [-0.39, 0.29) is 18.6 Å². The van der Waals surface area contributed by atoms with Gasteiger partial charge in [-0.1, -0.05) is 48.5 Å². The Morgan fingerprint density at radius 2 is 1.74 bits per heavy atom. The Labute approximate surface area is 159 Å². The minimum absolute atomic E-state index is 0.0409. The molecule has 0 aromatic heterocycles. The summed E-state index contributed by atoms with van der Waals surface area (Å²) in [5.74, 6) is 0.0409. The minimum Gasteiger partial charge on any atom is -0.448 e. The molecule has 5 nitrogen and oxygen atoms in total. The van der Waals surface area contributed by atoms with E-state index in [1.165, 1.54) is 22.3 Å². The molecule has 1 amide bonds. The second-order valence-electron chi connectivity index (χ2n) is 7.65. The number of fused-ring (bicyclic) bond motifs is 3. The van der Waals surface area contributed by atoms with Crippen molar-refractivity contribution in [2.75, 3.05) is 26.4 Å². The van der Waals surface area contributed by atoms with Crippen LogP contribution >= 0.6 is 0 Å². The van der Waals surface area contributed by atoms with Crippen molar-refractivity contribution in [2.45, 2.75) is 31.4 Å². The Morgan fingerprint density at radius 1 is 1.15 bits per heavy atom. The molecule has 142 valence electrons. The number of carbonyl (C=O) groups is 1. The maximum Gasteiger partial charge on any atom is 0.410 e. The van der Waals surface area contributed by atoms with E-state index in [4.69, 9.17) is 9.47 Å². The highest BCUT2D eigenvalue weighted by Gasteiger charge is 2.43. The average Bonchev–Trinajstić information content (AvgIpc) is 2.99. The molecule has 1 fully saturated rings. The van der Waals surface area contributed by atoms with Crippen LogP contribution in [0.25, 0.3) is 11.1 Å². The summed E-state index contributed by atoms with van der Waals surface area (Å²) in [6.45, 7) is 4.83. The first-order valence-corrected chi connectivity index (χ1v) is 9.39. The molecule has 1 aliphatic carbocycles. The van der Waals surface area contributed by atoms with Crippen LogP contribution in [0.5, 0.6) is 0 Å². The normalized spacial score (nSPS) is 20.9. The van der Waals surface area contributed by atoms with E-state index < -0.39 is 11.6 Å². The van der Waals surface area contributed by atoms with E-state index in [0.29, 0.717) is 19.8 Å². The summed E-state index contributed by atoms with van der Waals surface area (Å²) in [5, 5.41) is 9.54. The molecule has 2 aromatic rings. The quantitative estimate of drug-likeness (QED) is 0.903. The van der Waals surface area contributed by atoms with Gasteiger partial charge in [-0.15, -0.1) is 0 Å². The van der Waals surface area contributed by atoms with Crippen LogP contribution in [0.1, 0.15) is 30.9 Å². The van der Waals surface area contributed by atoms with Crippen molar-refractivity contribution >= 4 is 6.09 Å². The fourth-order valence-electron chi connectivity index (χ4n) is 4.23. The van der Waals surface area contributed by atoms with Gasteiger partial charge in [0.25, 0.3) is 0 Å². The Bertz CT molecular complexity index is 802. The van der Waals surface area contributed by atoms with E-state index in [9.17, 15) is 9.90 Å². The molecule has 2 aromatic carbocycles. The van der Waals surface area contributed by atoms with Crippen molar-refractivity contribution in [3.63, 3.8) is 0 Å². The summed E-state index contributed by atoms with van der Waals surface area (Å²) in [6, 6.07) is 16.6. The van der Waals surface area contributed by atoms with Gasteiger partial charge in [0.15, 0.2) is 0 Å². The number of ether oxygens (including phenoxy) is 2. The van der Waals surface area contributed by atoms with Crippen LogP contribution in [0.2, 0.25) is 0 Å². The monoisotopic (exact) mass is 367 g/mol. The van der Waals surface area contributed by atoms with Gasteiger partial charge < -0.3 is 14.6 Å². The van der Waals surface area contributed by atoms with Crippen molar-refractivity contribution in [3.8, 4) is 11.1 Å². The first kappa shape index (κ1) is 18.0. The molecule has 0 spiro atoms. The minimum atomic E-state index is -0.616. The highest BCUT2D eigenvalue weighted by atomic mass is 16.6. The van der Waals surface area contributed by atoms with Crippen LogP contribution in [0.15, 0.2) is 48.5 Å². The van der Waals surface area contributed by atoms with Gasteiger partial charge in [0, 0.05) is 12.5 Å². The van der Waals surface area contributed by atoms with Gasteiger partial charge in [-0.3, -0.25) is 4.90 Å². The number of amides is 1. The number of aliphatic hydroxyl groups is 1. The maximum atomic E-state index is 12.8. The average molecular weight is 367 g/mol. The molecular formula is C22H25NO4. The molecule has 27 heavy (non-hydrogen) atoms. The predicted octanol–water partition coefficient (Wildman–Crippen LogP) is 3.41. The molecule has 0 radical (unpaired) electrons. The van der Waals surface area contributed by atoms with E-state index in [1.54, 1.807) is 4.90 Å². The Hall–Kier alpha value is -2.37. The first-order chi connectivity index (χ1) is 13.0. The molecule has 1 saturated heterocycles. The molecule has 0 bridgehead atoms. The topological polar surface area (TPSA) is 59.0 Å². The number of carbonyl (C=O) groups excluding carboxylic acids is 1. The third-order valence-electron chi connectivity index (χ3n) is 5.84. The zero-order valence-electron chi connectivity index (χ0n) is 15.7. The molecular weight excluding hydrogens is 342 g/mol. The number of rotatable bonds is 3. The second kappa shape index (κ2) is 6.98. The van der Waals surface area contributed by atoms with Gasteiger partial charge in [0.2, 0.25) is 0 Å². The van der Waals surface area contributed by atoms with Crippen LogP contribution in [0.3, 0.4) is 0 Å². The highest BCUT2D eigenvalue weighted by molar-refractivity contribution is 5.79. The van der Waals surface area contributed by atoms with E-state index >= 15 is 0 Å². The number of aliphatic hydroxyl groups excluding tert-OH is 1. The molecule has 1 atom stereocenters. The molecule has 0 saturated carbocycles. The summed E-state index contributed by atoms with van der Waals surface area (Å²) in [5.41, 5.74) is 4.19. The predicted molar refractivity (Wildman–Crippen MR) is 103 cm³/mol. The number of hydrogen-bond acceptors (Lipinski definition) is 4. The summed E-state index contributed by atoms with van der Waals surface area (Å²) in [7, 11) is 0. The SMILES string of the molecule is CC1(C)C(CO)OCCN1C(=O)OCC1c2ccccc2-c2ccccc21. The van der Waals surface area contributed by atoms with Crippen LogP contribution in [-0.4, -0.2) is 54.1 Å². The van der Waals surface area contributed by atoms with Crippen LogP contribution < -0.4 is 0 Å². The lowest BCUT2D eigenvalue weighted by Crippen LogP contribution is -2.61. The number of hydrogen-bond donors (Lipinski definition) is 1. The summed E-state index contributed by atoms with van der Waals surface area (Å²) in [4.78, 5) is 14.5. The van der Waals surface area contributed by atoms with E-state index in [0.717, 1.165) is 0 Å². The maximum absolute atomic E-state index is 12.8.